The lowest BCUT2D eigenvalue weighted by atomic mass is 10.3. The molecule has 0 bridgehead atoms. The molecule has 0 amide bonds. The van der Waals surface area contributed by atoms with E-state index in [1.54, 1.807) is 0 Å². The minimum absolute atomic E-state index is 0.213. The molecule has 1 atom stereocenters. The van der Waals surface area contributed by atoms with Crippen LogP contribution in [0.3, 0.4) is 0 Å². The minimum Gasteiger partial charge on any atom is -0.394 e. The van der Waals surface area contributed by atoms with Crippen LogP contribution in [-0.2, 0) is 0 Å². The first kappa shape index (κ1) is 10.7. The monoisotopic (exact) mass is 289 g/mol. The molecule has 80 valence electrons. The van der Waals surface area contributed by atoms with Crippen LogP contribution >= 0.6 is 27.3 Å². The van der Waals surface area contributed by atoms with Crippen LogP contribution in [0.25, 0.3) is 10.7 Å². The fourth-order valence-electron chi connectivity index (χ4n) is 0.998. The van der Waals surface area contributed by atoms with Gasteiger partial charge in [-0.05, 0) is 28.1 Å². The molecule has 0 unspecified atom stereocenters. The molecule has 5 nitrogen and oxygen atoms in total. The zero-order valence-corrected chi connectivity index (χ0v) is 9.96. The topological polar surface area (TPSA) is 85.2 Å². The van der Waals surface area contributed by atoms with Crippen LogP contribution in [-0.4, -0.2) is 21.9 Å². The highest BCUT2D eigenvalue weighted by Crippen LogP contribution is 2.29. The molecule has 0 saturated carbocycles. The second-order valence-corrected chi connectivity index (χ2v) is 5.31. The second-order valence-electron chi connectivity index (χ2n) is 2.85. The van der Waals surface area contributed by atoms with Crippen LogP contribution in [0.15, 0.2) is 20.4 Å². The van der Waals surface area contributed by atoms with Gasteiger partial charge >= 0.3 is 0 Å². The van der Waals surface area contributed by atoms with E-state index in [9.17, 15) is 0 Å². The molecule has 2 aromatic heterocycles. The smallest absolute Gasteiger partial charge is 0.246 e. The summed E-state index contributed by atoms with van der Waals surface area (Å²) in [5.41, 5.74) is 5.54. The van der Waals surface area contributed by atoms with Crippen LogP contribution in [0, 0.1) is 0 Å². The molecule has 0 aliphatic carbocycles. The van der Waals surface area contributed by atoms with Gasteiger partial charge < -0.3 is 15.4 Å². The highest BCUT2D eigenvalue weighted by Gasteiger charge is 2.15. The van der Waals surface area contributed by atoms with E-state index >= 15 is 0 Å². The van der Waals surface area contributed by atoms with Crippen LogP contribution in [0.4, 0.5) is 0 Å². The Bertz CT molecular complexity index is 456. The Kier molecular flexibility index (Phi) is 3.15. The van der Waals surface area contributed by atoms with E-state index < -0.39 is 6.04 Å². The van der Waals surface area contributed by atoms with Gasteiger partial charge in [0.2, 0.25) is 11.7 Å². The van der Waals surface area contributed by atoms with Crippen molar-refractivity contribution in [3.63, 3.8) is 0 Å². The Hall–Kier alpha value is -0.760. The quantitative estimate of drug-likeness (QED) is 0.896. The number of nitrogens with zero attached hydrogens (tertiary/aromatic N) is 2. The van der Waals surface area contributed by atoms with Crippen LogP contribution in [0.1, 0.15) is 11.9 Å². The number of hydrogen-bond acceptors (Lipinski definition) is 6. The molecular weight excluding hydrogens is 282 g/mol. The van der Waals surface area contributed by atoms with E-state index in [-0.39, 0.29) is 12.5 Å². The van der Waals surface area contributed by atoms with Gasteiger partial charge in [0.25, 0.3) is 0 Å². The average Bonchev–Trinajstić information content (AvgIpc) is 2.84. The molecule has 0 aliphatic heterocycles. The maximum absolute atomic E-state index is 8.81. The van der Waals surface area contributed by atoms with Gasteiger partial charge in [0.1, 0.15) is 6.04 Å². The number of nitrogens with two attached hydrogens (primary N) is 1. The molecule has 2 heterocycles. The zero-order chi connectivity index (χ0) is 10.8. The van der Waals surface area contributed by atoms with Crippen molar-refractivity contribution in [3.8, 4) is 10.7 Å². The summed E-state index contributed by atoms with van der Waals surface area (Å²) in [4.78, 5) is 4.98. The molecule has 2 aromatic rings. The summed E-state index contributed by atoms with van der Waals surface area (Å²) in [6.45, 7) is -0.213. The lowest BCUT2D eigenvalue weighted by molar-refractivity contribution is 0.237. The molecule has 0 aromatic carbocycles. The number of aromatic nitrogens is 2. The summed E-state index contributed by atoms with van der Waals surface area (Å²) >= 11 is 4.85. The van der Waals surface area contributed by atoms with E-state index in [1.807, 2.05) is 12.1 Å². The van der Waals surface area contributed by atoms with Gasteiger partial charge in [-0.3, -0.25) is 0 Å². The SMILES string of the molecule is N[C@H](CO)c1nc(-c2ccc(Br)s2)no1. The number of hydrogen-bond donors (Lipinski definition) is 2. The van der Waals surface area contributed by atoms with Gasteiger partial charge in [-0.15, -0.1) is 11.3 Å². The fraction of sp³-hybridized carbons (Fsp3) is 0.250. The minimum atomic E-state index is -0.616. The van der Waals surface area contributed by atoms with E-state index in [1.165, 1.54) is 11.3 Å². The van der Waals surface area contributed by atoms with Gasteiger partial charge in [0.05, 0.1) is 15.3 Å². The van der Waals surface area contributed by atoms with Gasteiger partial charge in [-0.1, -0.05) is 5.16 Å². The molecule has 0 radical (unpaired) electrons. The number of aliphatic hydroxyl groups is 1. The molecule has 0 aliphatic rings. The third kappa shape index (κ3) is 2.25. The highest BCUT2D eigenvalue weighted by molar-refractivity contribution is 9.11. The lowest BCUT2D eigenvalue weighted by Gasteiger charge is -1.98. The molecule has 0 saturated heterocycles. The van der Waals surface area contributed by atoms with Crippen molar-refractivity contribution in [2.75, 3.05) is 6.61 Å². The number of thiophene rings is 1. The molecule has 0 spiro atoms. The largest absolute Gasteiger partial charge is 0.394 e. The van der Waals surface area contributed by atoms with Crippen molar-refractivity contribution >= 4 is 27.3 Å². The summed E-state index contributed by atoms with van der Waals surface area (Å²) in [7, 11) is 0. The molecule has 0 fully saturated rings. The maximum Gasteiger partial charge on any atom is 0.246 e. The predicted octanol–water partition coefficient (Wildman–Crippen LogP) is 1.55. The van der Waals surface area contributed by atoms with E-state index in [4.69, 9.17) is 15.4 Å². The van der Waals surface area contributed by atoms with Gasteiger partial charge in [0, 0.05) is 0 Å². The van der Waals surface area contributed by atoms with Crippen molar-refractivity contribution in [3.05, 3.63) is 21.8 Å². The van der Waals surface area contributed by atoms with Crippen LogP contribution < -0.4 is 5.73 Å². The highest BCUT2D eigenvalue weighted by atomic mass is 79.9. The second kappa shape index (κ2) is 4.40. The van der Waals surface area contributed by atoms with Crippen LogP contribution in [0.5, 0.6) is 0 Å². The third-order valence-corrected chi connectivity index (χ3v) is 3.37. The lowest BCUT2D eigenvalue weighted by Crippen LogP contribution is -2.14. The Morgan fingerprint density at radius 1 is 1.60 bits per heavy atom. The van der Waals surface area contributed by atoms with E-state index in [2.05, 4.69) is 26.1 Å². The van der Waals surface area contributed by atoms with Crippen molar-refractivity contribution in [2.45, 2.75) is 6.04 Å². The Morgan fingerprint density at radius 2 is 2.40 bits per heavy atom. The number of aliphatic hydroxyl groups excluding tert-OH is 1. The van der Waals surface area contributed by atoms with Crippen molar-refractivity contribution in [2.24, 2.45) is 5.73 Å². The van der Waals surface area contributed by atoms with E-state index in [0.29, 0.717) is 5.82 Å². The molecule has 7 heteroatoms. The molecular formula is C8H8BrN3O2S. The summed E-state index contributed by atoms with van der Waals surface area (Å²) in [5, 5.41) is 12.6. The normalized spacial score (nSPS) is 13.0. The summed E-state index contributed by atoms with van der Waals surface area (Å²) in [5.74, 6) is 0.738. The predicted molar refractivity (Wildman–Crippen MR) is 59.3 cm³/mol. The average molecular weight is 290 g/mol. The Labute approximate surface area is 98.0 Å². The molecule has 3 N–H and O–H groups in total. The molecule has 2 rings (SSSR count). The maximum atomic E-state index is 8.81. The van der Waals surface area contributed by atoms with Gasteiger partial charge in [-0.2, -0.15) is 4.98 Å². The third-order valence-electron chi connectivity index (χ3n) is 1.75. The van der Waals surface area contributed by atoms with E-state index in [0.717, 1.165) is 8.66 Å². The van der Waals surface area contributed by atoms with Crippen molar-refractivity contribution in [1.82, 2.24) is 10.1 Å². The Balaban J connectivity index is 2.27. The van der Waals surface area contributed by atoms with Crippen LogP contribution in [0.2, 0.25) is 0 Å². The Morgan fingerprint density at radius 3 is 3.00 bits per heavy atom. The first-order chi connectivity index (χ1) is 7.20. The van der Waals surface area contributed by atoms with Crippen molar-refractivity contribution < 1.29 is 9.63 Å². The standard InChI is InChI=1S/C8H8BrN3O2S/c9-6-2-1-5(15-6)7-11-8(14-12-7)4(10)3-13/h1-2,4,13H,3,10H2/t4-/m1/s1. The number of rotatable bonds is 3. The fourth-order valence-corrected chi connectivity index (χ4v) is 2.31. The van der Waals surface area contributed by atoms with Gasteiger partial charge in [0.15, 0.2) is 0 Å². The first-order valence-corrected chi connectivity index (χ1v) is 5.77. The number of halogens is 1. The van der Waals surface area contributed by atoms with Gasteiger partial charge in [-0.25, -0.2) is 0 Å². The molecule has 15 heavy (non-hydrogen) atoms. The van der Waals surface area contributed by atoms with Crippen molar-refractivity contribution in [1.29, 1.82) is 0 Å². The summed E-state index contributed by atoms with van der Waals surface area (Å²) < 4.78 is 5.92. The summed E-state index contributed by atoms with van der Waals surface area (Å²) in [6.07, 6.45) is 0. The zero-order valence-electron chi connectivity index (χ0n) is 7.55. The summed E-state index contributed by atoms with van der Waals surface area (Å²) in [6, 6.07) is 3.17. The first-order valence-electron chi connectivity index (χ1n) is 4.16.